The lowest BCUT2D eigenvalue weighted by molar-refractivity contribution is -0.137. The zero-order valence-electron chi connectivity index (χ0n) is 9.42. The van der Waals surface area contributed by atoms with Crippen LogP contribution in [-0.4, -0.2) is 26.1 Å². The highest BCUT2D eigenvalue weighted by Gasteiger charge is 2.30. The lowest BCUT2D eigenvalue weighted by atomic mass is 10.2. The van der Waals surface area contributed by atoms with Crippen LogP contribution in [-0.2, 0) is 17.5 Å². The van der Waals surface area contributed by atoms with Crippen LogP contribution in [0, 0.1) is 0 Å². The number of alkyl halides is 3. The predicted octanol–water partition coefficient (Wildman–Crippen LogP) is 1.33. The summed E-state index contributed by atoms with van der Waals surface area (Å²) in [6.07, 6.45) is -3.22. The van der Waals surface area contributed by atoms with Crippen LogP contribution in [0.1, 0.15) is 5.56 Å². The molecule has 0 aliphatic rings. The van der Waals surface area contributed by atoms with Crippen molar-refractivity contribution >= 4 is 11.6 Å². The van der Waals surface area contributed by atoms with Gasteiger partial charge in [0.05, 0.1) is 5.56 Å². The third kappa shape index (κ3) is 3.50. The summed E-state index contributed by atoms with van der Waals surface area (Å²) in [4.78, 5) is 11.5. The molecular formula is C10H8F3N5O. The molecule has 9 heteroatoms. The van der Waals surface area contributed by atoms with Gasteiger partial charge < -0.3 is 5.32 Å². The summed E-state index contributed by atoms with van der Waals surface area (Å²) >= 11 is 0. The monoisotopic (exact) mass is 271 g/mol. The van der Waals surface area contributed by atoms with Crippen molar-refractivity contribution in [3.63, 3.8) is 0 Å². The van der Waals surface area contributed by atoms with E-state index in [4.69, 9.17) is 0 Å². The second kappa shape index (κ2) is 5.04. The molecule has 0 atom stereocenters. The summed E-state index contributed by atoms with van der Waals surface area (Å²) in [6.45, 7) is -0.177. The van der Waals surface area contributed by atoms with Crippen LogP contribution in [0.3, 0.4) is 0 Å². The number of tetrazole rings is 1. The molecule has 0 saturated carbocycles. The fourth-order valence-corrected chi connectivity index (χ4v) is 1.37. The van der Waals surface area contributed by atoms with Gasteiger partial charge in [-0.05, 0) is 28.6 Å². The minimum Gasteiger partial charge on any atom is -0.324 e. The van der Waals surface area contributed by atoms with Crippen LogP contribution in [0.4, 0.5) is 18.9 Å². The summed E-state index contributed by atoms with van der Waals surface area (Å²) in [6, 6.07) is 4.37. The number of amides is 1. The highest BCUT2D eigenvalue weighted by atomic mass is 19.4. The quantitative estimate of drug-likeness (QED) is 0.914. The number of carbonyl (C=O) groups is 1. The molecule has 0 spiro atoms. The number of anilines is 1. The van der Waals surface area contributed by atoms with Crippen molar-refractivity contribution in [1.29, 1.82) is 0 Å². The van der Waals surface area contributed by atoms with Crippen LogP contribution in [0.15, 0.2) is 30.6 Å². The van der Waals surface area contributed by atoms with E-state index in [1.54, 1.807) is 0 Å². The zero-order chi connectivity index (χ0) is 13.9. The fraction of sp³-hybridized carbons (Fsp3) is 0.200. The first-order chi connectivity index (χ1) is 8.95. The van der Waals surface area contributed by atoms with Gasteiger partial charge in [0.15, 0.2) is 0 Å². The van der Waals surface area contributed by atoms with E-state index in [-0.39, 0.29) is 12.2 Å². The Balaban J connectivity index is 2.05. The van der Waals surface area contributed by atoms with Crippen LogP contribution < -0.4 is 5.32 Å². The fourth-order valence-electron chi connectivity index (χ4n) is 1.37. The van der Waals surface area contributed by atoms with E-state index in [1.165, 1.54) is 18.5 Å². The normalized spacial score (nSPS) is 11.3. The van der Waals surface area contributed by atoms with Gasteiger partial charge >= 0.3 is 6.18 Å². The molecule has 1 amide bonds. The average Bonchev–Trinajstić information content (AvgIpc) is 2.80. The molecule has 2 aromatic rings. The van der Waals surface area contributed by atoms with Crippen molar-refractivity contribution in [2.45, 2.75) is 12.7 Å². The topological polar surface area (TPSA) is 72.7 Å². The van der Waals surface area contributed by atoms with Crippen LogP contribution in [0.2, 0.25) is 0 Å². The van der Waals surface area contributed by atoms with E-state index in [1.807, 2.05) is 0 Å². The molecule has 0 aliphatic heterocycles. The van der Waals surface area contributed by atoms with Gasteiger partial charge in [0, 0.05) is 5.69 Å². The van der Waals surface area contributed by atoms with Gasteiger partial charge in [0.2, 0.25) is 5.91 Å². The summed E-state index contributed by atoms with van der Waals surface area (Å²) in [5.74, 6) is -0.522. The first-order valence-electron chi connectivity index (χ1n) is 5.13. The van der Waals surface area contributed by atoms with Crippen LogP contribution >= 0.6 is 0 Å². The Kier molecular flexibility index (Phi) is 3.45. The molecular weight excluding hydrogens is 263 g/mol. The smallest absolute Gasteiger partial charge is 0.324 e. The Bertz CT molecular complexity index is 567. The highest BCUT2D eigenvalue weighted by Crippen LogP contribution is 2.30. The van der Waals surface area contributed by atoms with E-state index < -0.39 is 17.6 Å². The number of hydrogen-bond donors (Lipinski definition) is 1. The second-order valence-electron chi connectivity index (χ2n) is 3.63. The van der Waals surface area contributed by atoms with E-state index in [2.05, 4.69) is 20.8 Å². The van der Waals surface area contributed by atoms with E-state index in [0.29, 0.717) is 0 Å². The van der Waals surface area contributed by atoms with Crippen molar-refractivity contribution in [3.8, 4) is 0 Å². The van der Waals surface area contributed by atoms with Crippen molar-refractivity contribution in [3.05, 3.63) is 36.2 Å². The number of nitrogens with one attached hydrogen (secondary N) is 1. The Labute approximate surface area is 105 Å². The number of nitrogens with zero attached hydrogens (tertiary/aromatic N) is 4. The van der Waals surface area contributed by atoms with Crippen molar-refractivity contribution in [1.82, 2.24) is 20.2 Å². The van der Waals surface area contributed by atoms with E-state index in [9.17, 15) is 18.0 Å². The maximum absolute atomic E-state index is 12.5. The predicted molar refractivity (Wildman–Crippen MR) is 57.9 cm³/mol. The van der Waals surface area contributed by atoms with Gasteiger partial charge in [-0.25, -0.2) is 4.68 Å². The minimum atomic E-state index is -4.45. The maximum atomic E-state index is 12.5. The molecule has 2 rings (SSSR count). The number of carbonyl (C=O) groups excluding carboxylic acids is 1. The maximum Gasteiger partial charge on any atom is 0.416 e. The third-order valence-electron chi connectivity index (χ3n) is 2.17. The molecule has 19 heavy (non-hydrogen) atoms. The average molecular weight is 271 g/mol. The molecule has 1 N–H and O–H groups in total. The molecule has 0 saturated heterocycles. The zero-order valence-corrected chi connectivity index (χ0v) is 9.42. The first-order valence-corrected chi connectivity index (χ1v) is 5.13. The van der Waals surface area contributed by atoms with Gasteiger partial charge in [0.1, 0.15) is 12.9 Å². The number of hydrogen-bond acceptors (Lipinski definition) is 4. The molecule has 0 fully saturated rings. The molecule has 0 bridgehead atoms. The van der Waals surface area contributed by atoms with Crippen LogP contribution in [0.25, 0.3) is 0 Å². The van der Waals surface area contributed by atoms with Gasteiger partial charge in [-0.15, -0.1) is 5.10 Å². The Morgan fingerprint density at radius 2 is 2.16 bits per heavy atom. The molecule has 1 heterocycles. The standard InChI is InChI=1S/C10H8F3N5O/c11-10(12,13)7-2-1-3-8(4-7)15-9(19)5-18-6-14-16-17-18/h1-4,6H,5H2,(H,15,19). The Hall–Kier alpha value is -2.45. The Morgan fingerprint density at radius 3 is 2.79 bits per heavy atom. The molecule has 1 aromatic heterocycles. The lowest BCUT2D eigenvalue weighted by Gasteiger charge is -2.09. The van der Waals surface area contributed by atoms with Gasteiger partial charge in [-0.1, -0.05) is 6.07 Å². The largest absolute Gasteiger partial charge is 0.416 e. The highest BCUT2D eigenvalue weighted by molar-refractivity contribution is 5.90. The number of aromatic nitrogens is 4. The molecule has 0 unspecified atom stereocenters. The summed E-state index contributed by atoms with van der Waals surface area (Å²) < 4.78 is 38.6. The second-order valence-corrected chi connectivity index (χ2v) is 3.63. The Morgan fingerprint density at radius 1 is 1.37 bits per heavy atom. The number of halogens is 3. The molecule has 1 aromatic carbocycles. The lowest BCUT2D eigenvalue weighted by Crippen LogP contribution is -2.19. The molecule has 6 nitrogen and oxygen atoms in total. The summed E-state index contributed by atoms with van der Waals surface area (Å²) in [5.41, 5.74) is -0.763. The third-order valence-corrected chi connectivity index (χ3v) is 2.17. The van der Waals surface area contributed by atoms with E-state index >= 15 is 0 Å². The summed E-state index contributed by atoms with van der Waals surface area (Å²) in [7, 11) is 0. The number of rotatable bonds is 3. The van der Waals surface area contributed by atoms with Gasteiger partial charge in [-0.2, -0.15) is 13.2 Å². The van der Waals surface area contributed by atoms with Crippen LogP contribution in [0.5, 0.6) is 0 Å². The number of benzene rings is 1. The van der Waals surface area contributed by atoms with Gasteiger partial charge in [-0.3, -0.25) is 4.79 Å². The SMILES string of the molecule is O=C(Cn1cnnn1)Nc1cccc(C(F)(F)F)c1. The van der Waals surface area contributed by atoms with Crippen molar-refractivity contribution in [2.75, 3.05) is 5.32 Å². The summed E-state index contributed by atoms with van der Waals surface area (Å²) in [5, 5.41) is 12.5. The van der Waals surface area contributed by atoms with Crippen molar-refractivity contribution in [2.24, 2.45) is 0 Å². The van der Waals surface area contributed by atoms with Crippen molar-refractivity contribution < 1.29 is 18.0 Å². The first kappa shape index (κ1) is 13.0. The van der Waals surface area contributed by atoms with Gasteiger partial charge in [0.25, 0.3) is 0 Å². The minimum absolute atomic E-state index is 0.0629. The molecule has 0 radical (unpaired) electrons. The van der Waals surface area contributed by atoms with E-state index in [0.717, 1.165) is 16.8 Å². The molecule has 0 aliphatic carbocycles. The molecule has 100 valence electrons.